The molecule has 0 aliphatic heterocycles. The molecule has 0 spiro atoms. The van der Waals surface area contributed by atoms with E-state index in [0.29, 0.717) is 12.5 Å². The molecule has 8 heteroatoms. The summed E-state index contributed by atoms with van der Waals surface area (Å²) in [5.41, 5.74) is 0.266. The third-order valence-electron chi connectivity index (χ3n) is 2.37. The first-order valence-corrected chi connectivity index (χ1v) is 7.34. The third-order valence-corrected chi connectivity index (χ3v) is 3.71. The zero-order chi connectivity index (χ0) is 14.6. The molecule has 0 amide bonds. The molecule has 106 valence electrons. The average molecular weight is 296 g/mol. The maximum absolute atomic E-state index is 12.8. The molecule has 0 saturated carbocycles. The van der Waals surface area contributed by atoms with Crippen LogP contribution in [-0.2, 0) is 10.0 Å². The van der Waals surface area contributed by atoms with Crippen LogP contribution in [0.5, 0.6) is 0 Å². The van der Waals surface area contributed by atoms with E-state index in [2.05, 4.69) is 20.0 Å². The Kier molecular flexibility index (Phi) is 4.14. The van der Waals surface area contributed by atoms with E-state index in [9.17, 15) is 12.8 Å². The fraction of sp³-hybridized carbons (Fsp3) is 0.167. The monoisotopic (exact) mass is 296 g/mol. The Morgan fingerprint density at radius 3 is 2.30 bits per heavy atom. The molecule has 0 aliphatic carbocycles. The van der Waals surface area contributed by atoms with Gasteiger partial charge in [0.2, 0.25) is 5.95 Å². The summed E-state index contributed by atoms with van der Waals surface area (Å²) < 4.78 is 39.2. The maximum atomic E-state index is 12.8. The van der Waals surface area contributed by atoms with Gasteiger partial charge in [-0.05, 0) is 31.2 Å². The minimum Gasteiger partial charge on any atom is -0.355 e. The smallest absolute Gasteiger partial charge is 0.264 e. The lowest BCUT2D eigenvalue weighted by atomic mass is 10.3. The van der Waals surface area contributed by atoms with Crippen LogP contribution in [0.2, 0.25) is 0 Å². The Balaban J connectivity index is 2.19. The van der Waals surface area contributed by atoms with Gasteiger partial charge < -0.3 is 5.32 Å². The van der Waals surface area contributed by atoms with Gasteiger partial charge in [0.15, 0.2) is 0 Å². The SMILES string of the molecule is CCNc1ncc(S(=O)(=O)Nc2ccc(F)cc2)cn1. The van der Waals surface area contributed by atoms with Crippen molar-refractivity contribution in [2.24, 2.45) is 0 Å². The lowest BCUT2D eigenvalue weighted by Gasteiger charge is -2.08. The van der Waals surface area contributed by atoms with Crippen molar-refractivity contribution in [1.82, 2.24) is 9.97 Å². The normalized spacial score (nSPS) is 11.1. The Hall–Kier alpha value is -2.22. The highest BCUT2D eigenvalue weighted by Crippen LogP contribution is 2.15. The summed E-state index contributed by atoms with van der Waals surface area (Å²) in [5, 5.41) is 2.86. The quantitative estimate of drug-likeness (QED) is 0.879. The number of anilines is 2. The Morgan fingerprint density at radius 2 is 1.75 bits per heavy atom. The summed E-state index contributed by atoms with van der Waals surface area (Å²) in [4.78, 5) is 7.71. The average Bonchev–Trinajstić information content (AvgIpc) is 2.42. The van der Waals surface area contributed by atoms with E-state index in [1.807, 2.05) is 6.92 Å². The molecule has 0 fully saturated rings. The second kappa shape index (κ2) is 5.83. The molecule has 20 heavy (non-hydrogen) atoms. The third kappa shape index (κ3) is 3.41. The number of nitrogens with one attached hydrogen (secondary N) is 2. The Bertz CT molecular complexity index is 672. The minimum atomic E-state index is -3.78. The molecule has 0 aliphatic rings. The topological polar surface area (TPSA) is 84.0 Å². The second-order valence-electron chi connectivity index (χ2n) is 3.89. The molecule has 0 radical (unpaired) electrons. The number of nitrogens with zero attached hydrogens (tertiary/aromatic N) is 2. The van der Waals surface area contributed by atoms with E-state index < -0.39 is 15.8 Å². The first-order chi connectivity index (χ1) is 9.51. The number of benzene rings is 1. The molecule has 6 nitrogen and oxygen atoms in total. The van der Waals surface area contributed by atoms with Crippen LogP contribution in [0.25, 0.3) is 0 Å². The van der Waals surface area contributed by atoms with Gasteiger partial charge in [-0.25, -0.2) is 22.8 Å². The number of sulfonamides is 1. The largest absolute Gasteiger partial charge is 0.355 e. The van der Waals surface area contributed by atoms with Crippen LogP contribution in [0.4, 0.5) is 16.0 Å². The zero-order valence-corrected chi connectivity index (χ0v) is 11.5. The van der Waals surface area contributed by atoms with Gasteiger partial charge in [-0.1, -0.05) is 0 Å². The van der Waals surface area contributed by atoms with Gasteiger partial charge in [-0.15, -0.1) is 0 Å². The van der Waals surface area contributed by atoms with E-state index in [1.165, 1.54) is 36.7 Å². The fourth-order valence-electron chi connectivity index (χ4n) is 1.44. The molecular formula is C12H13FN4O2S. The molecule has 1 heterocycles. The number of aromatic nitrogens is 2. The summed E-state index contributed by atoms with van der Waals surface area (Å²) >= 11 is 0. The highest BCUT2D eigenvalue weighted by molar-refractivity contribution is 7.92. The highest BCUT2D eigenvalue weighted by Gasteiger charge is 2.15. The van der Waals surface area contributed by atoms with Gasteiger partial charge in [0.05, 0.1) is 12.4 Å². The van der Waals surface area contributed by atoms with Gasteiger partial charge in [0.1, 0.15) is 10.7 Å². The lowest BCUT2D eigenvalue weighted by molar-refractivity contribution is 0.600. The van der Waals surface area contributed by atoms with Gasteiger partial charge in [-0.2, -0.15) is 0 Å². The molecule has 2 aromatic rings. The summed E-state index contributed by atoms with van der Waals surface area (Å²) in [5.74, 6) is -0.0838. The molecule has 0 atom stereocenters. The van der Waals surface area contributed by atoms with Crippen LogP contribution in [0, 0.1) is 5.82 Å². The van der Waals surface area contributed by atoms with Crippen LogP contribution in [0.1, 0.15) is 6.92 Å². The van der Waals surface area contributed by atoms with Crippen molar-refractivity contribution in [3.8, 4) is 0 Å². The standard InChI is InChI=1S/C12H13FN4O2S/c1-2-14-12-15-7-11(8-16-12)20(18,19)17-10-5-3-9(13)4-6-10/h3-8,17H,2H2,1H3,(H,14,15,16). The summed E-state index contributed by atoms with van der Waals surface area (Å²) in [6.45, 7) is 2.52. The first kappa shape index (κ1) is 14.2. The van der Waals surface area contributed by atoms with E-state index in [0.717, 1.165) is 0 Å². The predicted octanol–water partition coefficient (Wildman–Crippen LogP) is 1.85. The van der Waals surface area contributed by atoms with Crippen molar-refractivity contribution in [3.63, 3.8) is 0 Å². The van der Waals surface area contributed by atoms with Crippen molar-refractivity contribution in [2.75, 3.05) is 16.6 Å². The first-order valence-electron chi connectivity index (χ1n) is 5.85. The fourth-order valence-corrected chi connectivity index (χ4v) is 2.38. The van der Waals surface area contributed by atoms with Crippen LogP contribution in [0.15, 0.2) is 41.6 Å². The number of halogens is 1. The van der Waals surface area contributed by atoms with E-state index >= 15 is 0 Å². The number of rotatable bonds is 5. The lowest BCUT2D eigenvalue weighted by Crippen LogP contribution is -2.14. The molecule has 1 aromatic heterocycles. The van der Waals surface area contributed by atoms with Crippen LogP contribution < -0.4 is 10.0 Å². The summed E-state index contributed by atoms with van der Waals surface area (Å²) in [6.07, 6.45) is 2.41. The predicted molar refractivity (Wildman–Crippen MR) is 73.4 cm³/mol. The molecule has 2 rings (SSSR count). The number of hydrogen-bond donors (Lipinski definition) is 2. The zero-order valence-electron chi connectivity index (χ0n) is 10.7. The summed E-state index contributed by atoms with van der Waals surface area (Å²) in [7, 11) is -3.78. The van der Waals surface area contributed by atoms with Crippen molar-refractivity contribution in [1.29, 1.82) is 0 Å². The van der Waals surface area contributed by atoms with E-state index in [-0.39, 0.29) is 10.6 Å². The molecule has 2 N–H and O–H groups in total. The Morgan fingerprint density at radius 1 is 1.15 bits per heavy atom. The minimum absolute atomic E-state index is 0.0662. The molecular weight excluding hydrogens is 283 g/mol. The van der Waals surface area contributed by atoms with Crippen LogP contribution >= 0.6 is 0 Å². The Labute approximate surface area is 116 Å². The number of hydrogen-bond acceptors (Lipinski definition) is 5. The van der Waals surface area contributed by atoms with Crippen molar-refractivity contribution in [2.45, 2.75) is 11.8 Å². The van der Waals surface area contributed by atoms with Gasteiger partial charge in [0.25, 0.3) is 10.0 Å². The highest BCUT2D eigenvalue weighted by atomic mass is 32.2. The van der Waals surface area contributed by atoms with Gasteiger partial charge in [0, 0.05) is 12.2 Å². The second-order valence-corrected chi connectivity index (χ2v) is 5.57. The maximum Gasteiger partial charge on any atom is 0.264 e. The molecule has 0 saturated heterocycles. The van der Waals surface area contributed by atoms with Crippen LogP contribution in [0.3, 0.4) is 0 Å². The molecule has 0 unspecified atom stereocenters. The van der Waals surface area contributed by atoms with E-state index in [4.69, 9.17) is 0 Å². The summed E-state index contributed by atoms with van der Waals surface area (Å²) in [6, 6.07) is 5.01. The van der Waals surface area contributed by atoms with Crippen molar-refractivity contribution >= 4 is 21.7 Å². The van der Waals surface area contributed by atoms with Crippen molar-refractivity contribution in [3.05, 3.63) is 42.5 Å². The molecule has 1 aromatic carbocycles. The van der Waals surface area contributed by atoms with Crippen molar-refractivity contribution < 1.29 is 12.8 Å². The molecule has 0 bridgehead atoms. The van der Waals surface area contributed by atoms with Crippen LogP contribution in [-0.4, -0.2) is 24.9 Å². The van der Waals surface area contributed by atoms with E-state index in [1.54, 1.807) is 0 Å². The van der Waals surface area contributed by atoms with Gasteiger partial charge >= 0.3 is 0 Å². The van der Waals surface area contributed by atoms with Gasteiger partial charge in [-0.3, -0.25) is 4.72 Å².